The molecule has 0 aliphatic heterocycles. The second-order valence-corrected chi connectivity index (χ2v) is 4.59. The summed E-state index contributed by atoms with van der Waals surface area (Å²) in [5.41, 5.74) is 1.29. The number of rotatable bonds is 6. The van der Waals surface area contributed by atoms with Crippen LogP contribution in [0.5, 0.6) is 0 Å². The fourth-order valence-electron chi connectivity index (χ4n) is 2.37. The summed E-state index contributed by atoms with van der Waals surface area (Å²) in [5.74, 6) is 0. The summed E-state index contributed by atoms with van der Waals surface area (Å²) in [6, 6.07) is 15.0. The summed E-state index contributed by atoms with van der Waals surface area (Å²) < 4.78 is 0. The third kappa shape index (κ3) is 2.89. The van der Waals surface area contributed by atoms with Crippen molar-refractivity contribution in [2.75, 3.05) is 13.2 Å². The van der Waals surface area contributed by atoms with Crippen LogP contribution in [-0.4, -0.2) is 18.3 Å². The Bertz CT molecular complexity index is 490. The molecule has 2 aromatic carbocycles. The molecule has 0 radical (unpaired) electrons. The van der Waals surface area contributed by atoms with Crippen molar-refractivity contribution in [3.05, 3.63) is 48.0 Å². The van der Waals surface area contributed by atoms with E-state index in [1.165, 1.54) is 16.3 Å². The van der Waals surface area contributed by atoms with Crippen LogP contribution in [0, 0.1) is 0 Å². The molecule has 0 saturated carbocycles. The Kier molecular flexibility index (Phi) is 4.73. The first kappa shape index (κ1) is 13.1. The van der Waals surface area contributed by atoms with E-state index in [-0.39, 0.29) is 12.6 Å². The van der Waals surface area contributed by atoms with Gasteiger partial charge in [0.2, 0.25) is 0 Å². The van der Waals surface area contributed by atoms with Gasteiger partial charge < -0.3 is 10.4 Å². The first-order chi connectivity index (χ1) is 8.86. The van der Waals surface area contributed by atoms with Gasteiger partial charge in [0.05, 0.1) is 0 Å². The minimum atomic E-state index is 0.213. The highest BCUT2D eigenvalue weighted by atomic mass is 16.3. The van der Waals surface area contributed by atoms with Crippen LogP contribution in [-0.2, 0) is 0 Å². The molecule has 1 atom stereocenters. The van der Waals surface area contributed by atoms with Crippen LogP contribution in [0.2, 0.25) is 0 Å². The fourth-order valence-corrected chi connectivity index (χ4v) is 2.37. The molecule has 0 aliphatic rings. The SMILES string of the molecule is CCCNC(CCO)c1cccc2ccccc12. The molecule has 0 amide bonds. The van der Waals surface area contributed by atoms with Gasteiger partial charge in [-0.3, -0.25) is 0 Å². The van der Waals surface area contributed by atoms with Gasteiger partial charge in [0.25, 0.3) is 0 Å². The average molecular weight is 243 g/mol. The molecule has 18 heavy (non-hydrogen) atoms. The van der Waals surface area contributed by atoms with Crippen molar-refractivity contribution in [3.8, 4) is 0 Å². The molecule has 0 bridgehead atoms. The van der Waals surface area contributed by atoms with E-state index in [4.69, 9.17) is 0 Å². The maximum absolute atomic E-state index is 9.23. The van der Waals surface area contributed by atoms with Crippen LogP contribution < -0.4 is 5.32 Å². The van der Waals surface area contributed by atoms with E-state index in [1.54, 1.807) is 0 Å². The molecule has 2 N–H and O–H groups in total. The van der Waals surface area contributed by atoms with E-state index in [0.29, 0.717) is 0 Å². The molecule has 0 aromatic heterocycles. The number of nitrogens with one attached hydrogen (secondary N) is 1. The van der Waals surface area contributed by atoms with Gasteiger partial charge in [-0.15, -0.1) is 0 Å². The molecule has 2 aromatic rings. The van der Waals surface area contributed by atoms with E-state index in [0.717, 1.165) is 19.4 Å². The third-order valence-electron chi connectivity index (χ3n) is 3.26. The zero-order valence-corrected chi connectivity index (χ0v) is 10.9. The number of hydrogen-bond acceptors (Lipinski definition) is 2. The maximum Gasteiger partial charge on any atom is 0.0449 e. The molecule has 2 nitrogen and oxygen atoms in total. The van der Waals surface area contributed by atoms with Gasteiger partial charge in [-0.05, 0) is 35.7 Å². The quantitative estimate of drug-likeness (QED) is 0.816. The van der Waals surface area contributed by atoms with Gasteiger partial charge >= 0.3 is 0 Å². The Morgan fingerprint density at radius 1 is 1.11 bits per heavy atom. The van der Waals surface area contributed by atoms with Crippen LogP contribution >= 0.6 is 0 Å². The first-order valence-electron chi connectivity index (χ1n) is 6.68. The summed E-state index contributed by atoms with van der Waals surface area (Å²) in [5, 5.41) is 15.3. The van der Waals surface area contributed by atoms with Gasteiger partial charge in [0, 0.05) is 12.6 Å². The molecule has 1 unspecified atom stereocenters. The lowest BCUT2D eigenvalue weighted by Crippen LogP contribution is -2.23. The molecule has 0 spiro atoms. The Hall–Kier alpha value is -1.38. The molecule has 96 valence electrons. The Balaban J connectivity index is 2.36. The molecular weight excluding hydrogens is 222 g/mol. The zero-order chi connectivity index (χ0) is 12.8. The fraction of sp³-hybridized carbons (Fsp3) is 0.375. The summed E-state index contributed by atoms with van der Waals surface area (Å²) in [6.45, 7) is 3.35. The number of aliphatic hydroxyl groups excluding tert-OH is 1. The topological polar surface area (TPSA) is 32.3 Å². The number of aliphatic hydroxyl groups is 1. The Morgan fingerprint density at radius 2 is 1.89 bits per heavy atom. The van der Waals surface area contributed by atoms with Crippen molar-refractivity contribution in [3.63, 3.8) is 0 Å². The van der Waals surface area contributed by atoms with E-state index < -0.39 is 0 Å². The van der Waals surface area contributed by atoms with Crippen molar-refractivity contribution in [1.29, 1.82) is 0 Å². The lowest BCUT2D eigenvalue weighted by atomic mass is 9.97. The molecule has 2 rings (SSSR count). The standard InChI is InChI=1S/C16H21NO/c1-2-11-17-16(10-12-18)15-9-5-7-13-6-3-4-8-14(13)15/h3-9,16-18H,2,10-12H2,1H3. The van der Waals surface area contributed by atoms with Crippen molar-refractivity contribution in [1.82, 2.24) is 5.32 Å². The average Bonchev–Trinajstić information content (AvgIpc) is 2.43. The minimum Gasteiger partial charge on any atom is -0.396 e. The second kappa shape index (κ2) is 6.53. The van der Waals surface area contributed by atoms with E-state index in [9.17, 15) is 5.11 Å². The first-order valence-corrected chi connectivity index (χ1v) is 6.68. The summed E-state index contributed by atoms with van der Waals surface area (Å²) in [7, 11) is 0. The normalized spacial score (nSPS) is 12.8. The number of fused-ring (bicyclic) bond motifs is 1. The van der Waals surface area contributed by atoms with Crippen LogP contribution in [0.4, 0.5) is 0 Å². The summed E-state index contributed by atoms with van der Waals surface area (Å²) in [6.07, 6.45) is 1.86. The highest BCUT2D eigenvalue weighted by Crippen LogP contribution is 2.26. The van der Waals surface area contributed by atoms with Crippen LogP contribution in [0.1, 0.15) is 31.4 Å². The third-order valence-corrected chi connectivity index (χ3v) is 3.26. The van der Waals surface area contributed by atoms with Crippen LogP contribution in [0.3, 0.4) is 0 Å². The van der Waals surface area contributed by atoms with E-state index >= 15 is 0 Å². The Morgan fingerprint density at radius 3 is 2.67 bits per heavy atom. The predicted octanol–water partition coefficient (Wildman–Crippen LogP) is 3.26. The molecule has 0 aliphatic carbocycles. The van der Waals surface area contributed by atoms with E-state index in [1.807, 2.05) is 0 Å². The van der Waals surface area contributed by atoms with Gasteiger partial charge in [-0.1, -0.05) is 49.4 Å². The van der Waals surface area contributed by atoms with Crippen molar-refractivity contribution >= 4 is 10.8 Å². The molecule has 0 heterocycles. The highest BCUT2D eigenvalue weighted by Gasteiger charge is 2.12. The number of benzene rings is 2. The van der Waals surface area contributed by atoms with Crippen LogP contribution in [0.15, 0.2) is 42.5 Å². The largest absolute Gasteiger partial charge is 0.396 e. The van der Waals surface area contributed by atoms with Gasteiger partial charge in [0.1, 0.15) is 0 Å². The van der Waals surface area contributed by atoms with Crippen LogP contribution in [0.25, 0.3) is 10.8 Å². The Labute approximate surface area is 109 Å². The second-order valence-electron chi connectivity index (χ2n) is 4.59. The van der Waals surface area contributed by atoms with Gasteiger partial charge in [0.15, 0.2) is 0 Å². The van der Waals surface area contributed by atoms with Crippen molar-refractivity contribution in [2.24, 2.45) is 0 Å². The predicted molar refractivity (Wildman–Crippen MR) is 76.7 cm³/mol. The van der Waals surface area contributed by atoms with Gasteiger partial charge in [-0.25, -0.2) is 0 Å². The zero-order valence-electron chi connectivity index (χ0n) is 10.9. The number of hydrogen-bond donors (Lipinski definition) is 2. The van der Waals surface area contributed by atoms with Gasteiger partial charge in [-0.2, -0.15) is 0 Å². The maximum atomic E-state index is 9.23. The molecular formula is C16H21NO. The lowest BCUT2D eigenvalue weighted by molar-refractivity contribution is 0.266. The molecule has 0 fully saturated rings. The van der Waals surface area contributed by atoms with Crippen molar-refractivity contribution < 1.29 is 5.11 Å². The van der Waals surface area contributed by atoms with Crippen molar-refractivity contribution in [2.45, 2.75) is 25.8 Å². The monoisotopic (exact) mass is 243 g/mol. The highest BCUT2D eigenvalue weighted by molar-refractivity contribution is 5.86. The molecule has 2 heteroatoms. The molecule has 0 saturated heterocycles. The summed E-state index contributed by atoms with van der Waals surface area (Å²) >= 11 is 0. The lowest BCUT2D eigenvalue weighted by Gasteiger charge is -2.20. The summed E-state index contributed by atoms with van der Waals surface area (Å²) in [4.78, 5) is 0. The smallest absolute Gasteiger partial charge is 0.0449 e. The minimum absolute atomic E-state index is 0.213. The van der Waals surface area contributed by atoms with E-state index in [2.05, 4.69) is 54.7 Å².